The number of hydrogen-bond acceptors (Lipinski definition) is 4. The molecule has 0 saturated heterocycles. The zero-order valence-electron chi connectivity index (χ0n) is 17.2. The van der Waals surface area contributed by atoms with E-state index in [-0.39, 0.29) is 23.8 Å². The summed E-state index contributed by atoms with van der Waals surface area (Å²) in [5.74, 6) is 0.998. The van der Waals surface area contributed by atoms with E-state index in [1.54, 1.807) is 23.1 Å². The van der Waals surface area contributed by atoms with Gasteiger partial charge in [0.05, 0.1) is 6.54 Å². The van der Waals surface area contributed by atoms with Crippen LogP contribution in [0.3, 0.4) is 0 Å². The Bertz CT molecular complexity index is 864. The molecule has 2 amide bonds. The van der Waals surface area contributed by atoms with Crippen molar-refractivity contribution in [1.29, 1.82) is 0 Å². The molecule has 0 fully saturated rings. The van der Waals surface area contributed by atoms with Crippen molar-refractivity contribution in [3.63, 3.8) is 0 Å². The Hall–Kier alpha value is -3.02. The van der Waals surface area contributed by atoms with Gasteiger partial charge < -0.3 is 19.7 Å². The molecule has 3 rings (SSSR count). The maximum absolute atomic E-state index is 12.9. The van der Waals surface area contributed by atoms with Gasteiger partial charge in [-0.25, -0.2) is 0 Å². The zero-order valence-corrected chi connectivity index (χ0v) is 17.2. The quantitative estimate of drug-likeness (QED) is 0.776. The first-order chi connectivity index (χ1) is 13.9. The van der Waals surface area contributed by atoms with Gasteiger partial charge in [-0.15, -0.1) is 0 Å². The number of carbonyl (C=O) groups is 2. The van der Waals surface area contributed by atoms with E-state index in [2.05, 4.69) is 5.32 Å². The highest BCUT2D eigenvalue weighted by Crippen LogP contribution is 2.32. The Morgan fingerprint density at radius 2 is 1.72 bits per heavy atom. The predicted molar refractivity (Wildman–Crippen MR) is 112 cm³/mol. The molecule has 1 heterocycles. The van der Waals surface area contributed by atoms with Crippen molar-refractivity contribution in [2.24, 2.45) is 0 Å². The Labute approximate surface area is 171 Å². The minimum atomic E-state index is -0.307. The number of carbonyl (C=O) groups excluding carboxylic acids is 2. The van der Waals surface area contributed by atoms with Crippen molar-refractivity contribution >= 4 is 17.5 Å². The number of likely N-dealkylation sites (N-methyl/N-ethyl adjacent to an activating group) is 1. The van der Waals surface area contributed by atoms with Crippen molar-refractivity contribution in [3.05, 3.63) is 54.1 Å². The molecule has 0 aromatic heterocycles. The fourth-order valence-electron chi connectivity index (χ4n) is 3.35. The first-order valence-corrected chi connectivity index (χ1v) is 9.92. The summed E-state index contributed by atoms with van der Waals surface area (Å²) >= 11 is 0. The molecule has 29 heavy (non-hydrogen) atoms. The summed E-state index contributed by atoms with van der Waals surface area (Å²) in [7, 11) is 0. The van der Waals surface area contributed by atoms with Gasteiger partial charge in [-0.3, -0.25) is 9.59 Å². The van der Waals surface area contributed by atoms with Crippen molar-refractivity contribution in [2.75, 3.05) is 31.6 Å². The molecule has 2 aromatic carbocycles. The number of nitrogens with zero attached hydrogens (tertiary/aromatic N) is 1. The number of amides is 2. The van der Waals surface area contributed by atoms with Crippen molar-refractivity contribution < 1.29 is 19.1 Å². The van der Waals surface area contributed by atoms with E-state index < -0.39 is 0 Å². The lowest BCUT2D eigenvalue weighted by molar-refractivity contribution is -0.135. The molecule has 0 saturated carbocycles. The lowest BCUT2D eigenvalue weighted by Crippen LogP contribution is -2.40. The van der Waals surface area contributed by atoms with E-state index in [9.17, 15) is 9.59 Å². The van der Waals surface area contributed by atoms with Gasteiger partial charge in [-0.1, -0.05) is 44.2 Å². The van der Waals surface area contributed by atoms with E-state index in [4.69, 9.17) is 9.47 Å². The third-order valence-electron chi connectivity index (χ3n) is 5.04. The van der Waals surface area contributed by atoms with Crippen LogP contribution in [0.15, 0.2) is 48.5 Å². The molecule has 6 heteroatoms. The largest absolute Gasteiger partial charge is 0.486 e. The van der Waals surface area contributed by atoms with Gasteiger partial charge >= 0.3 is 0 Å². The minimum absolute atomic E-state index is 0.00858. The van der Waals surface area contributed by atoms with E-state index in [0.29, 0.717) is 43.4 Å². The van der Waals surface area contributed by atoms with Gasteiger partial charge in [0.2, 0.25) is 11.8 Å². The number of ether oxygens (including phenoxy) is 2. The van der Waals surface area contributed by atoms with Crippen LogP contribution in [0.5, 0.6) is 11.5 Å². The summed E-state index contributed by atoms with van der Waals surface area (Å²) < 4.78 is 11.0. The lowest BCUT2D eigenvalue weighted by atomic mass is 9.81. The van der Waals surface area contributed by atoms with E-state index >= 15 is 0 Å². The smallest absolute Gasteiger partial charge is 0.243 e. The van der Waals surface area contributed by atoms with Crippen LogP contribution in [0.2, 0.25) is 0 Å². The van der Waals surface area contributed by atoms with Gasteiger partial charge in [-0.05, 0) is 30.0 Å². The number of hydrogen-bond donors (Lipinski definition) is 1. The highest BCUT2D eigenvalue weighted by Gasteiger charge is 2.27. The number of nitrogens with one attached hydrogen (secondary N) is 1. The highest BCUT2D eigenvalue weighted by molar-refractivity contribution is 5.95. The summed E-state index contributed by atoms with van der Waals surface area (Å²) in [6.45, 7) is 7.45. The van der Waals surface area contributed by atoms with E-state index in [1.165, 1.54) is 0 Å². The van der Waals surface area contributed by atoms with Crippen LogP contribution >= 0.6 is 0 Å². The second-order valence-corrected chi connectivity index (χ2v) is 7.74. The van der Waals surface area contributed by atoms with Crippen molar-refractivity contribution in [2.45, 2.75) is 32.6 Å². The Kier molecular flexibility index (Phi) is 6.42. The van der Waals surface area contributed by atoms with Gasteiger partial charge in [0.1, 0.15) is 13.2 Å². The molecule has 0 unspecified atom stereocenters. The first-order valence-electron chi connectivity index (χ1n) is 9.92. The molecular weight excluding hydrogens is 368 g/mol. The fourth-order valence-corrected chi connectivity index (χ4v) is 3.35. The summed E-state index contributed by atoms with van der Waals surface area (Å²) in [5.41, 5.74) is 1.41. The second-order valence-electron chi connectivity index (χ2n) is 7.74. The lowest BCUT2D eigenvalue weighted by Gasteiger charge is -2.28. The Morgan fingerprint density at radius 1 is 1.03 bits per heavy atom. The average Bonchev–Trinajstić information content (AvgIpc) is 2.72. The van der Waals surface area contributed by atoms with Crippen LogP contribution < -0.4 is 14.8 Å². The maximum Gasteiger partial charge on any atom is 0.243 e. The van der Waals surface area contributed by atoms with Crippen LogP contribution in [0.25, 0.3) is 0 Å². The molecular formula is C23H28N2O4. The highest BCUT2D eigenvalue weighted by atomic mass is 16.6. The molecule has 1 N–H and O–H groups in total. The number of rotatable bonds is 7. The standard InChI is InChI=1S/C23H28N2O4/c1-4-25(22(27)15-23(2,3)17-8-6-5-7-9-17)16-21(26)24-18-10-11-19-20(14-18)29-13-12-28-19/h5-11,14H,4,12-13,15-16H2,1-3H3,(H,24,26). The second kappa shape index (κ2) is 8.99. The Balaban J connectivity index is 1.60. The normalized spacial score (nSPS) is 12.9. The summed E-state index contributed by atoms with van der Waals surface area (Å²) in [6, 6.07) is 15.2. The first kappa shape index (κ1) is 20.7. The van der Waals surface area contributed by atoms with Crippen LogP contribution in [0.1, 0.15) is 32.8 Å². The van der Waals surface area contributed by atoms with Crippen molar-refractivity contribution in [3.8, 4) is 11.5 Å². The SMILES string of the molecule is CCN(CC(=O)Nc1ccc2c(c1)OCCO2)C(=O)CC(C)(C)c1ccccc1. The van der Waals surface area contributed by atoms with Gasteiger partial charge in [0.15, 0.2) is 11.5 Å². The summed E-state index contributed by atoms with van der Waals surface area (Å²) in [4.78, 5) is 26.9. The maximum atomic E-state index is 12.9. The topological polar surface area (TPSA) is 67.9 Å². The molecule has 0 atom stereocenters. The molecule has 1 aliphatic heterocycles. The molecule has 0 bridgehead atoms. The summed E-state index contributed by atoms with van der Waals surface area (Å²) in [6.07, 6.45) is 0.335. The fraction of sp³-hybridized carbons (Fsp3) is 0.391. The average molecular weight is 396 g/mol. The van der Waals surface area contributed by atoms with Gasteiger partial charge in [0.25, 0.3) is 0 Å². The monoisotopic (exact) mass is 396 g/mol. The van der Waals surface area contributed by atoms with E-state index in [1.807, 2.05) is 51.1 Å². The van der Waals surface area contributed by atoms with Crippen LogP contribution in [-0.4, -0.2) is 43.0 Å². The molecule has 0 radical (unpaired) electrons. The minimum Gasteiger partial charge on any atom is -0.486 e. The number of benzene rings is 2. The van der Waals surface area contributed by atoms with E-state index in [0.717, 1.165) is 5.56 Å². The molecule has 0 aliphatic carbocycles. The van der Waals surface area contributed by atoms with Crippen molar-refractivity contribution in [1.82, 2.24) is 4.90 Å². The third kappa shape index (κ3) is 5.28. The molecule has 0 spiro atoms. The molecule has 154 valence electrons. The molecule has 1 aliphatic rings. The van der Waals surface area contributed by atoms with Crippen LogP contribution in [0.4, 0.5) is 5.69 Å². The zero-order chi connectivity index (χ0) is 20.9. The number of fused-ring (bicyclic) bond motifs is 1. The van der Waals surface area contributed by atoms with Gasteiger partial charge in [-0.2, -0.15) is 0 Å². The van der Waals surface area contributed by atoms with Crippen LogP contribution in [0, 0.1) is 0 Å². The summed E-state index contributed by atoms with van der Waals surface area (Å²) in [5, 5.41) is 2.84. The third-order valence-corrected chi connectivity index (χ3v) is 5.04. The Morgan fingerprint density at radius 3 is 2.41 bits per heavy atom. The number of anilines is 1. The van der Waals surface area contributed by atoms with Gasteiger partial charge in [0, 0.05) is 24.7 Å². The predicted octanol–water partition coefficient (Wildman–Crippen LogP) is 3.61. The van der Waals surface area contributed by atoms with Crippen LogP contribution in [-0.2, 0) is 15.0 Å². The molecule has 6 nitrogen and oxygen atoms in total. The molecule has 2 aromatic rings.